The van der Waals surface area contributed by atoms with Crippen molar-refractivity contribution in [1.82, 2.24) is 0 Å². The number of fused-ring (bicyclic) bond motifs is 1. The van der Waals surface area contributed by atoms with Gasteiger partial charge in [0.15, 0.2) is 0 Å². The van der Waals surface area contributed by atoms with Crippen LogP contribution in [-0.4, -0.2) is 12.6 Å². The zero-order valence-corrected chi connectivity index (χ0v) is 9.36. The quantitative estimate of drug-likeness (QED) is 0.819. The highest BCUT2D eigenvalue weighted by molar-refractivity contribution is 5.33. The van der Waals surface area contributed by atoms with Gasteiger partial charge in [-0.05, 0) is 36.0 Å². The molecular weight excluding hydrogens is 198 g/mol. The van der Waals surface area contributed by atoms with Crippen LogP contribution in [0.1, 0.15) is 17.5 Å². The monoisotopic (exact) mass is 215 g/mol. The van der Waals surface area contributed by atoms with Crippen LogP contribution < -0.4 is 5.73 Å². The Balaban J connectivity index is 1.75. The second-order valence-corrected chi connectivity index (χ2v) is 4.71. The zero-order valence-electron chi connectivity index (χ0n) is 9.36. The fraction of sp³-hybridized carbons (Fsp3) is 0.429. The summed E-state index contributed by atoms with van der Waals surface area (Å²) in [5, 5.41) is 0. The van der Waals surface area contributed by atoms with Gasteiger partial charge in [-0.3, -0.25) is 0 Å². The summed E-state index contributed by atoms with van der Waals surface area (Å²) in [7, 11) is 0. The fourth-order valence-corrected chi connectivity index (χ4v) is 2.75. The van der Waals surface area contributed by atoms with Crippen molar-refractivity contribution in [3.05, 3.63) is 47.2 Å². The molecular formula is C14H17NO. The molecule has 16 heavy (non-hydrogen) atoms. The molecule has 0 bridgehead atoms. The van der Waals surface area contributed by atoms with E-state index in [0.29, 0.717) is 5.92 Å². The summed E-state index contributed by atoms with van der Waals surface area (Å²) >= 11 is 0. The lowest BCUT2D eigenvalue weighted by Crippen LogP contribution is -2.32. The van der Waals surface area contributed by atoms with Crippen molar-refractivity contribution in [3.63, 3.8) is 0 Å². The predicted molar refractivity (Wildman–Crippen MR) is 64.0 cm³/mol. The molecule has 2 aliphatic rings. The average Bonchev–Trinajstić information content (AvgIpc) is 2.97. The van der Waals surface area contributed by atoms with Gasteiger partial charge in [0, 0.05) is 6.42 Å². The number of nitrogens with two attached hydrogens (primary N) is 1. The molecule has 0 radical (unpaired) electrons. The van der Waals surface area contributed by atoms with Crippen molar-refractivity contribution in [2.24, 2.45) is 11.7 Å². The van der Waals surface area contributed by atoms with E-state index in [4.69, 9.17) is 10.5 Å². The summed E-state index contributed by atoms with van der Waals surface area (Å²) in [6, 6.07) is 8.73. The van der Waals surface area contributed by atoms with E-state index in [1.54, 1.807) is 0 Å². The van der Waals surface area contributed by atoms with Gasteiger partial charge in [-0.1, -0.05) is 24.3 Å². The summed E-state index contributed by atoms with van der Waals surface area (Å²) in [5.74, 6) is 1.53. The van der Waals surface area contributed by atoms with Crippen LogP contribution in [0.4, 0.5) is 0 Å². The van der Waals surface area contributed by atoms with Gasteiger partial charge in [-0.2, -0.15) is 0 Å². The minimum atomic E-state index is 0.0786. The van der Waals surface area contributed by atoms with Gasteiger partial charge in [0.05, 0.1) is 12.6 Å². The molecule has 0 spiro atoms. The van der Waals surface area contributed by atoms with Crippen LogP contribution in [0.25, 0.3) is 0 Å². The lowest BCUT2D eigenvalue weighted by Gasteiger charge is -2.19. The molecule has 1 aromatic carbocycles. The average molecular weight is 215 g/mol. The van der Waals surface area contributed by atoms with E-state index in [-0.39, 0.29) is 6.04 Å². The van der Waals surface area contributed by atoms with Crippen molar-refractivity contribution in [1.29, 1.82) is 0 Å². The molecule has 1 heterocycles. The highest BCUT2D eigenvalue weighted by Gasteiger charge is 2.29. The van der Waals surface area contributed by atoms with Crippen LogP contribution in [0.2, 0.25) is 0 Å². The fourth-order valence-electron chi connectivity index (χ4n) is 2.75. The first kappa shape index (κ1) is 9.91. The van der Waals surface area contributed by atoms with Gasteiger partial charge < -0.3 is 10.5 Å². The number of benzene rings is 1. The molecule has 2 heteroatoms. The van der Waals surface area contributed by atoms with Gasteiger partial charge in [-0.25, -0.2) is 0 Å². The molecule has 84 valence electrons. The molecule has 0 fully saturated rings. The molecule has 2 nitrogen and oxygen atoms in total. The maximum atomic E-state index is 6.27. The minimum absolute atomic E-state index is 0.0786. The summed E-state index contributed by atoms with van der Waals surface area (Å²) < 4.78 is 5.56. The van der Waals surface area contributed by atoms with E-state index in [1.165, 1.54) is 11.1 Å². The van der Waals surface area contributed by atoms with Crippen molar-refractivity contribution in [2.75, 3.05) is 6.61 Å². The highest BCUT2D eigenvalue weighted by Crippen LogP contribution is 2.31. The third-order valence-corrected chi connectivity index (χ3v) is 3.65. The second kappa shape index (κ2) is 3.95. The number of hydrogen-bond acceptors (Lipinski definition) is 2. The molecule has 1 aromatic rings. The first-order valence-corrected chi connectivity index (χ1v) is 6.00. The summed E-state index contributed by atoms with van der Waals surface area (Å²) in [6.07, 6.45) is 5.35. The minimum Gasteiger partial charge on any atom is -0.496 e. The van der Waals surface area contributed by atoms with Crippen molar-refractivity contribution in [3.8, 4) is 0 Å². The van der Waals surface area contributed by atoms with Crippen LogP contribution in [0.3, 0.4) is 0 Å². The Hall–Kier alpha value is -1.28. The zero-order chi connectivity index (χ0) is 11.0. The molecule has 0 aromatic heterocycles. The number of rotatable bonds is 2. The maximum absolute atomic E-state index is 6.27. The van der Waals surface area contributed by atoms with E-state index in [2.05, 4.69) is 30.3 Å². The van der Waals surface area contributed by atoms with Crippen LogP contribution >= 0.6 is 0 Å². The van der Waals surface area contributed by atoms with Crippen molar-refractivity contribution >= 4 is 0 Å². The van der Waals surface area contributed by atoms with Crippen LogP contribution in [0.15, 0.2) is 36.1 Å². The molecule has 1 aliphatic carbocycles. The Morgan fingerprint density at radius 2 is 1.88 bits per heavy atom. The van der Waals surface area contributed by atoms with Crippen molar-refractivity contribution < 1.29 is 4.74 Å². The summed E-state index contributed by atoms with van der Waals surface area (Å²) in [4.78, 5) is 0. The largest absolute Gasteiger partial charge is 0.496 e. The van der Waals surface area contributed by atoms with Crippen LogP contribution in [-0.2, 0) is 17.6 Å². The lowest BCUT2D eigenvalue weighted by molar-refractivity contribution is 0.208. The van der Waals surface area contributed by atoms with Gasteiger partial charge >= 0.3 is 0 Å². The number of hydrogen-bond donors (Lipinski definition) is 1. The Kier molecular flexibility index (Phi) is 2.44. The lowest BCUT2D eigenvalue weighted by atomic mass is 9.95. The smallest absolute Gasteiger partial charge is 0.109 e. The maximum Gasteiger partial charge on any atom is 0.109 e. The highest BCUT2D eigenvalue weighted by atomic mass is 16.5. The molecule has 0 amide bonds. The van der Waals surface area contributed by atoms with Crippen molar-refractivity contribution in [2.45, 2.75) is 25.3 Å². The molecule has 0 saturated carbocycles. The Morgan fingerprint density at radius 1 is 1.19 bits per heavy atom. The molecule has 2 N–H and O–H groups in total. The topological polar surface area (TPSA) is 35.2 Å². The molecule has 1 unspecified atom stereocenters. The van der Waals surface area contributed by atoms with E-state index < -0.39 is 0 Å². The summed E-state index contributed by atoms with van der Waals surface area (Å²) in [6.45, 7) is 0.808. The molecule has 0 saturated heterocycles. The normalized spacial score (nSPS) is 21.4. The first-order valence-electron chi connectivity index (χ1n) is 6.00. The van der Waals surface area contributed by atoms with Crippen LogP contribution in [0.5, 0.6) is 0 Å². The van der Waals surface area contributed by atoms with E-state index in [1.807, 2.05) is 0 Å². The van der Waals surface area contributed by atoms with Gasteiger partial charge in [0.1, 0.15) is 5.76 Å². The van der Waals surface area contributed by atoms with Gasteiger partial charge in [-0.15, -0.1) is 0 Å². The molecule has 3 rings (SSSR count). The van der Waals surface area contributed by atoms with E-state index in [9.17, 15) is 0 Å². The summed E-state index contributed by atoms with van der Waals surface area (Å²) in [5.41, 5.74) is 9.19. The second-order valence-electron chi connectivity index (χ2n) is 4.71. The van der Waals surface area contributed by atoms with Crippen LogP contribution in [0, 0.1) is 5.92 Å². The Bertz CT molecular complexity index is 399. The van der Waals surface area contributed by atoms with Gasteiger partial charge in [0.2, 0.25) is 0 Å². The SMILES string of the molecule is NC(C1=CCCO1)C1Cc2ccccc2C1. The predicted octanol–water partition coefficient (Wildman–Crippen LogP) is 2.03. The molecule has 1 atom stereocenters. The Labute approximate surface area is 96.1 Å². The first-order chi connectivity index (χ1) is 7.84. The Morgan fingerprint density at radius 3 is 2.44 bits per heavy atom. The van der Waals surface area contributed by atoms with Gasteiger partial charge in [0.25, 0.3) is 0 Å². The van der Waals surface area contributed by atoms with E-state index in [0.717, 1.165) is 31.6 Å². The van der Waals surface area contributed by atoms with E-state index >= 15 is 0 Å². The standard InChI is InChI=1S/C14H17NO/c15-14(13-6-3-7-16-13)12-8-10-4-1-2-5-11(10)9-12/h1-2,4-6,12,14H,3,7-9,15H2. The molecule has 1 aliphatic heterocycles. The third-order valence-electron chi connectivity index (χ3n) is 3.65. The number of ether oxygens (including phenoxy) is 1. The third kappa shape index (κ3) is 1.63.